The highest BCUT2D eigenvalue weighted by atomic mass is 19.4. The number of aliphatic hydroxyl groups excluding tert-OH is 1. The number of benzene rings is 1. The first kappa shape index (κ1) is 19.2. The molecule has 1 unspecified atom stereocenters. The molecule has 0 bridgehead atoms. The fourth-order valence-electron chi connectivity index (χ4n) is 3.01. The SMILES string of the molecule is C[C@@H]([C@H](O)c1ccccc1)N(C)C(=O)C1CCCN1C(=O)C(F)(F)F. The van der Waals surface area contributed by atoms with Gasteiger partial charge in [-0.15, -0.1) is 0 Å². The van der Waals surface area contributed by atoms with E-state index in [2.05, 4.69) is 0 Å². The van der Waals surface area contributed by atoms with E-state index in [1.807, 2.05) is 0 Å². The lowest BCUT2D eigenvalue weighted by Gasteiger charge is -2.34. The number of likely N-dealkylation sites (N-methyl/N-ethyl adjacent to an activating group) is 1. The standard InChI is InChI=1S/C17H21F3N2O3/c1-11(14(23)12-7-4-3-5-8-12)21(2)15(24)13-9-6-10-22(13)16(25)17(18,19)20/h3-5,7-8,11,13-14,23H,6,9-10H2,1-2H3/t11-,13?,14-/m0/s1. The summed E-state index contributed by atoms with van der Waals surface area (Å²) in [4.78, 5) is 25.9. The molecule has 1 aliphatic heterocycles. The third-order valence-corrected chi connectivity index (χ3v) is 4.60. The van der Waals surface area contributed by atoms with Gasteiger partial charge in [0.1, 0.15) is 6.04 Å². The number of hydrogen-bond donors (Lipinski definition) is 1. The number of carbonyl (C=O) groups excluding carboxylic acids is 2. The molecule has 1 aromatic rings. The summed E-state index contributed by atoms with van der Waals surface area (Å²) in [6.07, 6.45) is -5.47. The van der Waals surface area contributed by atoms with Gasteiger partial charge in [-0.3, -0.25) is 9.59 Å². The Bertz CT molecular complexity index is 621. The second-order valence-electron chi connectivity index (χ2n) is 6.20. The number of carbonyl (C=O) groups is 2. The molecule has 25 heavy (non-hydrogen) atoms. The predicted molar refractivity (Wildman–Crippen MR) is 84.4 cm³/mol. The van der Waals surface area contributed by atoms with E-state index in [9.17, 15) is 27.9 Å². The molecule has 138 valence electrons. The number of hydrogen-bond acceptors (Lipinski definition) is 3. The van der Waals surface area contributed by atoms with Gasteiger partial charge in [-0.2, -0.15) is 13.2 Å². The molecule has 0 aliphatic carbocycles. The molecule has 2 rings (SSSR count). The van der Waals surface area contributed by atoms with E-state index in [4.69, 9.17) is 0 Å². The number of rotatable bonds is 4. The lowest BCUT2D eigenvalue weighted by Crippen LogP contribution is -2.52. The third-order valence-electron chi connectivity index (χ3n) is 4.60. The third kappa shape index (κ3) is 4.12. The lowest BCUT2D eigenvalue weighted by molar-refractivity contribution is -0.187. The van der Waals surface area contributed by atoms with Gasteiger partial charge in [0.2, 0.25) is 5.91 Å². The molecule has 1 fully saturated rings. The summed E-state index contributed by atoms with van der Waals surface area (Å²) < 4.78 is 38.1. The molecule has 1 saturated heterocycles. The van der Waals surface area contributed by atoms with Crippen LogP contribution in [0.3, 0.4) is 0 Å². The van der Waals surface area contributed by atoms with Crippen LogP contribution in [-0.4, -0.2) is 58.6 Å². The van der Waals surface area contributed by atoms with Gasteiger partial charge in [-0.1, -0.05) is 30.3 Å². The number of aliphatic hydroxyl groups is 1. The van der Waals surface area contributed by atoms with Crippen LogP contribution in [-0.2, 0) is 9.59 Å². The zero-order valence-electron chi connectivity index (χ0n) is 14.0. The minimum atomic E-state index is -5.00. The van der Waals surface area contributed by atoms with Gasteiger partial charge in [-0.25, -0.2) is 0 Å². The Kier molecular flexibility index (Phi) is 5.72. The van der Waals surface area contributed by atoms with Gasteiger partial charge in [-0.05, 0) is 25.3 Å². The molecular weight excluding hydrogens is 337 g/mol. The smallest absolute Gasteiger partial charge is 0.386 e. The summed E-state index contributed by atoms with van der Waals surface area (Å²) >= 11 is 0. The Morgan fingerprint density at radius 1 is 1.28 bits per heavy atom. The van der Waals surface area contributed by atoms with Crippen molar-refractivity contribution in [2.45, 2.75) is 44.1 Å². The number of alkyl halides is 3. The Morgan fingerprint density at radius 3 is 2.44 bits per heavy atom. The van der Waals surface area contributed by atoms with Crippen LogP contribution in [0.1, 0.15) is 31.4 Å². The number of nitrogens with zero attached hydrogens (tertiary/aromatic N) is 2. The Labute approximate surface area is 144 Å². The maximum absolute atomic E-state index is 12.7. The normalized spacial score (nSPS) is 20.2. The molecule has 2 amide bonds. The van der Waals surface area contributed by atoms with E-state index < -0.39 is 36.2 Å². The predicted octanol–water partition coefficient (Wildman–Crippen LogP) is 2.12. The minimum Gasteiger partial charge on any atom is -0.386 e. The van der Waals surface area contributed by atoms with Gasteiger partial charge >= 0.3 is 12.1 Å². The Hall–Kier alpha value is -2.09. The summed E-state index contributed by atoms with van der Waals surface area (Å²) in [6, 6.07) is 6.88. The molecule has 5 nitrogen and oxygen atoms in total. The fraction of sp³-hybridized carbons (Fsp3) is 0.529. The van der Waals surface area contributed by atoms with Gasteiger partial charge in [0.15, 0.2) is 0 Å². The Morgan fingerprint density at radius 2 is 1.88 bits per heavy atom. The first-order valence-corrected chi connectivity index (χ1v) is 8.02. The van der Waals surface area contributed by atoms with E-state index >= 15 is 0 Å². The summed E-state index contributed by atoms with van der Waals surface area (Å²) in [5.74, 6) is -2.59. The van der Waals surface area contributed by atoms with Crippen molar-refractivity contribution in [1.82, 2.24) is 9.80 Å². The van der Waals surface area contributed by atoms with Crippen LogP contribution < -0.4 is 0 Å². The number of likely N-dealkylation sites (tertiary alicyclic amines) is 1. The molecule has 8 heteroatoms. The fourth-order valence-corrected chi connectivity index (χ4v) is 3.01. The molecule has 0 spiro atoms. The van der Waals surface area contributed by atoms with Crippen molar-refractivity contribution >= 4 is 11.8 Å². The van der Waals surface area contributed by atoms with E-state index in [0.29, 0.717) is 16.9 Å². The first-order chi connectivity index (χ1) is 11.6. The van der Waals surface area contributed by atoms with Crippen molar-refractivity contribution in [3.05, 3.63) is 35.9 Å². The maximum atomic E-state index is 12.7. The molecule has 1 aromatic carbocycles. The second-order valence-corrected chi connectivity index (χ2v) is 6.20. The quantitative estimate of drug-likeness (QED) is 0.897. The molecule has 1 heterocycles. The number of halogens is 3. The van der Waals surface area contributed by atoms with Crippen LogP contribution in [0.15, 0.2) is 30.3 Å². The average Bonchev–Trinajstić information content (AvgIpc) is 3.07. The lowest BCUT2D eigenvalue weighted by atomic mass is 10.0. The van der Waals surface area contributed by atoms with Crippen molar-refractivity contribution < 1.29 is 27.9 Å². The molecular formula is C17H21F3N2O3. The summed E-state index contributed by atoms with van der Waals surface area (Å²) in [5.41, 5.74) is 0.601. The van der Waals surface area contributed by atoms with Crippen molar-refractivity contribution in [3.63, 3.8) is 0 Å². The molecule has 1 aliphatic rings. The van der Waals surface area contributed by atoms with Crippen LogP contribution in [0.2, 0.25) is 0 Å². The molecule has 0 radical (unpaired) electrons. The van der Waals surface area contributed by atoms with Crippen molar-refractivity contribution in [1.29, 1.82) is 0 Å². The topological polar surface area (TPSA) is 60.9 Å². The van der Waals surface area contributed by atoms with Crippen molar-refractivity contribution in [3.8, 4) is 0 Å². The molecule has 3 atom stereocenters. The molecule has 0 aromatic heterocycles. The molecule has 1 N–H and O–H groups in total. The average molecular weight is 358 g/mol. The monoisotopic (exact) mass is 358 g/mol. The van der Waals surface area contributed by atoms with E-state index in [1.165, 1.54) is 11.9 Å². The highest BCUT2D eigenvalue weighted by molar-refractivity contribution is 5.90. The van der Waals surface area contributed by atoms with Gasteiger partial charge in [0.05, 0.1) is 12.1 Å². The maximum Gasteiger partial charge on any atom is 0.471 e. The van der Waals surface area contributed by atoms with Crippen LogP contribution >= 0.6 is 0 Å². The van der Waals surface area contributed by atoms with Crippen molar-refractivity contribution in [2.75, 3.05) is 13.6 Å². The summed E-state index contributed by atoms with van der Waals surface area (Å²) in [6.45, 7) is 1.51. The van der Waals surface area contributed by atoms with Crippen LogP contribution in [0.4, 0.5) is 13.2 Å². The summed E-state index contributed by atoms with van der Waals surface area (Å²) in [7, 11) is 1.42. The van der Waals surface area contributed by atoms with Crippen molar-refractivity contribution in [2.24, 2.45) is 0 Å². The second kappa shape index (κ2) is 7.43. The molecule has 0 saturated carbocycles. The van der Waals surface area contributed by atoms with Crippen LogP contribution in [0, 0.1) is 0 Å². The number of amides is 2. The first-order valence-electron chi connectivity index (χ1n) is 8.02. The zero-order valence-corrected chi connectivity index (χ0v) is 14.0. The van der Waals surface area contributed by atoms with Gasteiger partial charge in [0.25, 0.3) is 0 Å². The summed E-state index contributed by atoms with van der Waals surface area (Å²) in [5, 5.41) is 10.4. The zero-order chi connectivity index (χ0) is 18.8. The largest absolute Gasteiger partial charge is 0.471 e. The van der Waals surface area contributed by atoms with Crippen LogP contribution in [0.25, 0.3) is 0 Å². The Balaban J connectivity index is 2.11. The van der Waals surface area contributed by atoms with E-state index in [0.717, 1.165) is 0 Å². The minimum absolute atomic E-state index is 0.0990. The van der Waals surface area contributed by atoms with Gasteiger partial charge in [0, 0.05) is 13.6 Å². The van der Waals surface area contributed by atoms with Crippen LogP contribution in [0.5, 0.6) is 0 Å². The highest BCUT2D eigenvalue weighted by Crippen LogP contribution is 2.28. The van der Waals surface area contributed by atoms with E-state index in [-0.39, 0.29) is 13.0 Å². The van der Waals surface area contributed by atoms with Gasteiger partial charge < -0.3 is 14.9 Å². The highest BCUT2D eigenvalue weighted by Gasteiger charge is 2.48. The van der Waals surface area contributed by atoms with E-state index in [1.54, 1.807) is 37.3 Å².